The minimum Gasteiger partial charge on any atom is -0.504 e. The number of hydrogen-bond donors (Lipinski definition) is 2. The molecule has 1 fully saturated rings. The van der Waals surface area contributed by atoms with Gasteiger partial charge in [0.05, 0.1) is 12.8 Å². The molecule has 138 valence electrons. The van der Waals surface area contributed by atoms with E-state index in [2.05, 4.69) is 21.2 Å². The number of urea groups is 1. The highest BCUT2D eigenvalue weighted by Crippen LogP contribution is 2.35. The zero-order chi connectivity index (χ0) is 19.7. The number of hydrogen-bond acceptors (Lipinski definition) is 5. The summed E-state index contributed by atoms with van der Waals surface area (Å²) < 4.78 is 5.77. The van der Waals surface area contributed by atoms with Gasteiger partial charge in [-0.05, 0) is 36.4 Å². The fraction of sp³-hybridized carbons (Fsp3) is 0.0556. The standard InChI is InChI=1S/C18H12BrClN2O5/c1-27-14-8-11(20)6-9(15(14)23)7-13-16(24)21-18(26)22(17(13)25)12-4-2-10(19)3-5-12/h2-8,23H,1H3,(H,21,24,26)/b13-7+. The molecule has 0 unspecified atom stereocenters. The fourth-order valence-electron chi connectivity index (χ4n) is 2.50. The summed E-state index contributed by atoms with van der Waals surface area (Å²) >= 11 is 9.25. The molecule has 9 heteroatoms. The van der Waals surface area contributed by atoms with Crippen LogP contribution < -0.4 is 15.0 Å². The number of anilines is 1. The van der Waals surface area contributed by atoms with Gasteiger partial charge in [-0.25, -0.2) is 9.69 Å². The van der Waals surface area contributed by atoms with Gasteiger partial charge in [0.2, 0.25) is 0 Å². The third-order valence-electron chi connectivity index (χ3n) is 3.78. The maximum Gasteiger partial charge on any atom is 0.335 e. The van der Waals surface area contributed by atoms with E-state index >= 15 is 0 Å². The number of amides is 4. The third-order valence-corrected chi connectivity index (χ3v) is 4.52. The summed E-state index contributed by atoms with van der Waals surface area (Å²) in [6.45, 7) is 0. The topological polar surface area (TPSA) is 95.9 Å². The lowest BCUT2D eigenvalue weighted by atomic mass is 10.1. The summed E-state index contributed by atoms with van der Waals surface area (Å²) in [6.07, 6.45) is 1.15. The van der Waals surface area contributed by atoms with Gasteiger partial charge in [-0.3, -0.25) is 14.9 Å². The summed E-state index contributed by atoms with van der Waals surface area (Å²) in [7, 11) is 1.34. The van der Waals surface area contributed by atoms with E-state index in [0.29, 0.717) is 0 Å². The molecule has 1 heterocycles. The highest BCUT2D eigenvalue weighted by Gasteiger charge is 2.37. The molecule has 1 aliphatic heterocycles. The molecule has 2 aromatic carbocycles. The highest BCUT2D eigenvalue weighted by atomic mass is 79.9. The van der Waals surface area contributed by atoms with Gasteiger partial charge >= 0.3 is 6.03 Å². The molecule has 7 nitrogen and oxygen atoms in total. The number of ether oxygens (including phenoxy) is 1. The molecule has 0 bridgehead atoms. The van der Waals surface area contributed by atoms with Crippen LogP contribution in [0.25, 0.3) is 6.08 Å². The van der Waals surface area contributed by atoms with Crippen LogP contribution in [-0.4, -0.2) is 30.1 Å². The van der Waals surface area contributed by atoms with Gasteiger partial charge < -0.3 is 9.84 Å². The van der Waals surface area contributed by atoms with E-state index in [1.54, 1.807) is 24.3 Å². The summed E-state index contributed by atoms with van der Waals surface area (Å²) in [5, 5.41) is 12.6. The molecule has 2 aromatic rings. The second kappa shape index (κ2) is 7.42. The van der Waals surface area contributed by atoms with Gasteiger partial charge in [0.15, 0.2) is 11.5 Å². The zero-order valence-electron chi connectivity index (χ0n) is 13.8. The van der Waals surface area contributed by atoms with E-state index in [4.69, 9.17) is 16.3 Å². The molecule has 2 N–H and O–H groups in total. The molecular formula is C18H12BrClN2O5. The van der Waals surface area contributed by atoms with Crippen molar-refractivity contribution in [2.24, 2.45) is 0 Å². The smallest absolute Gasteiger partial charge is 0.335 e. The van der Waals surface area contributed by atoms with Crippen molar-refractivity contribution in [2.45, 2.75) is 0 Å². The Bertz CT molecular complexity index is 988. The number of aromatic hydroxyl groups is 1. The van der Waals surface area contributed by atoms with Gasteiger partial charge in [-0.1, -0.05) is 27.5 Å². The van der Waals surface area contributed by atoms with Crippen molar-refractivity contribution in [3.63, 3.8) is 0 Å². The molecule has 0 radical (unpaired) electrons. The van der Waals surface area contributed by atoms with Gasteiger partial charge in [-0.2, -0.15) is 0 Å². The summed E-state index contributed by atoms with van der Waals surface area (Å²) in [5.41, 5.74) is 0.0482. The number of carbonyl (C=O) groups excluding carboxylic acids is 3. The van der Waals surface area contributed by atoms with Crippen molar-refractivity contribution in [1.82, 2.24) is 5.32 Å². The number of nitrogens with one attached hydrogen (secondary N) is 1. The first-order chi connectivity index (χ1) is 12.8. The molecule has 1 saturated heterocycles. The predicted octanol–water partition coefficient (Wildman–Crippen LogP) is 3.48. The highest BCUT2D eigenvalue weighted by molar-refractivity contribution is 9.10. The van der Waals surface area contributed by atoms with E-state index in [0.717, 1.165) is 15.4 Å². The van der Waals surface area contributed by atoms with Crippen LogP contribution in [0.4, 0.5) is 10.5 Å². The molecule has 0 spiro atoms. The van der Waals surface area contributed by atoms with Gasteiger partial charge in [-0.15, -0.1) is 0 Å². The summed E-state index contributed by atoms with van der Waals surface area (Å²) in [5.74, 6) is -1.91. The molecule has 0 aliphatic carbocycles. The zero-order valence-corrected chi connectivity index (χ0v) is 16.2. The maximum atomic E-state index is 12.8. The number of carbonyl (C=O) groups is 3. The fourth-order valence-corrected chi connectivity index (χ4v) is 2.98. The van der Waals surface area contributed by atoms with Crippen molar-refractivity contribution < 1.29 is 24.2 Å². The van der Waals surface area contributed by atoms with Crippen LogP contribution in [0.15, 0.2) is 46.4 Å². The first-order valence-corrected chi connectivity index (χ1v) is 8.72. The number of phenols is 1. The van der Waals surface area contributed by atoms with Crippen LogP contribution in [0, 0.1) is 0 Å². The van der Waals surface area contributed by atoms with Crippen molar-refractivity contribution in [2.75, 3.05) is 12.0 Å². The maximum absolute atomic E-state index is 12.8. The molecular weight excluding hydrogens is 440 g/mol. The van der Waals surface area contributed by atoms with E-state index in [1.165, 1.54) is 19.2 Å². The number of phenolic OH excluding ortho intramolecular Hbond substituents is 1. The molecule has 4 amide bonds. The van der Waals surface area contributed by atoms with E-state index < -0.39 is 17.8 Å². The quantitative estimate of drug-likeness (QED) is 0.550. The predicted molar refractivity (Wildman–Crippen MR) is 103 cm³/mol. The Morgan fingerprint density at radius 2 is 1.85 bits per heavy atom. The number of halogens is 2. The number of benzene rings is 2. The second-order valence-corrected chi connectivity index (χ2v) is 6.83. The largest absolute Gasteiger partial charge is 0.504 e. The van der Waals surface area contributed by atoms with Gasteiger partial charge in [0.25, 0.3) is 11.8 Å². The van der Waals surface area contributed by atoms with Gasteiger partial charge in [0, 0.05) is 21.1 Å². The van der Waals surface area contributed by atoms with Crippen LogP contribution in [0.3, 0.4) is 0 Å². The van der Waals surface area contributed by atoms with Crippen LogP contribution in [-0.2, 0) is 9.59 Å². The lowest BCUT2D eigenvalue weighted by Crippen LogP contribution is -2.54. The minimum absolute atomic E-state index is 0.0823. The van der Waals surface area contributed by atoms with Crippen LogP contribution in [0.1, 0.15) is 5.56 Å². The Labute approximate surface area is 167 Å². The summed E-state index contributed by atoms with van der Waals surface area (Å²) in [4.78, 5) is 38.0. The van der Waals surface area contributed by atoms with E-state index in [9.17, 15) is 19.5 Å². The van der Waals surface area contributed by atoms with Crippen molar-refractivity contribution in [3.8, 4) is 11.5 Å². The lowest BCUT2D eigenvalue weighted by molar-refractivity contribution is -0.122. The first kappa shape index (κ1) is 18.9. The Kier molecular flexibility index (Phi) is 5.20. The number of rotatable bonds is 3. The number of nitrogens with zero attached hydrogens (tertiary/aromatic N) is 1. The first-order valence-electron chi connectivity index (χ1n) is 7.55. The molecule has 1 aliphatic rings. The SMILES string of the molecule is COc1cc(Cl)cc(/C=C2\C(=O)NC(=O)N(c3ccc(Br)cc3)C2=O)c1O. The average Bonchev–Trinajstić information content (AvgIpc) is 2.62. The number of methoxy groups -OCH3 is 1. The number of imide groups is 2. The molecule has 0 atom stereocenters. The Morgan fingerprint density at radius 1 is 1.19 bits per heavy atom. The molecule has 0 aromatic heterocycles. The molecule has 27 heavy (non-hydrogen) atoms. The van der Waals surface area contributed by atoms with E-state index in [-0.39, 0.29) is 33.3 Å². The Morgan fingerprint density at radius 3 is 2.48 bits per heavy atom. The van der Waals surface area contributed by atoms with Crippen LogP contribution >= 0.6 is 27.5 Å². The molecule has 0 saturated carbocycles. The Balaban J connectivity index is 2.07. The van der Waals surface area contributed by atoms with Crippen molar-refractivity contribution in [1.29, 1.82) is 0 Å². The normalized spacial score (nSPS) is 15.9. The van der Waals surface area contributed by atoms with Crippen LogP contribution in [0.5, 0.6) is 11.5 Å². The number of barbiturate groups is 1. The van der Waals surface area contributed by atoms with Crippen LogP contribution in [0.2, 0.25) is 5.02 Å². The van der Waals surface area contributed by atoms with Crippen molar-refractivity contribution in [3.05, 3.63) is 57.0 Å². The average molecular weight is 452 g/mol. The van der Waals surface area contributed by atoms with E-state index in [1.807, 2.05) is 0 Å². The minimum atomic E-state index is -0.878. The second-order valence-electron chi connectivity index (χ2n) is 5.48. The third kappa shape index (κ3) is 3.67. The lowest BCUT2D eigenvalue weighted by Gasteiger charge is -2.26. The van der Waals surface area contributed by atoms with Gasteiger partial charge in [0.1, 0.15) is 5.57 Å². The van der Waals surface area contributed by atoms with Crippen molar-refractivity contribution >= 4 is 57.1 Å². The Hall–Kier alpha value is -2.84. The molecule has 3 rings (SSSR count). The summed E-state index contributed by atoms with van der Waals surface area (Å²) in [6, 6.07) is 8.31. The monoisotopic (exact) mass is 450 g/mol.